The summed E-state index contributed by atoms with van der Waals surface area (Å²) in [7, 11) is -1.34. The van der Waals surface area contributed by atoms with Crippen LogP contribution in [0.25, 0.3) is 44.5 Å². The maximum atomic E-state index is 12.9. The van der Waals surface area contributed by atoms with E-state index >= 15 is 0 Å². The van der Waals surface area contributed by atoms with Crippen molar-refractivity contribution in [3.05, 3.63) is 101 Å². The Morgan fingerprint density at radius 1 is 0.910 bits per heavy atom. The number of primary amides is 1. The molecular formula is C60H76ClN7O9Si. The standard InChI is InChI=1S/C60H76ClN7O9Si/c1-38(2)59(70)67-33-39(3)53-46(31-63-32-49(53)67)43-15-16-44-34-66(24-21-42(44)29-43)23-11-8-7-9-13-41(57(62)69)22-26-72-45-19-17-40(18-20-45)54-47(61)30-48-58(65-54)68(37-71-27-28-78(4,5)6)60(64-48)77-51-36-75-55-50(35-74-56(51)55)76-52-14-10-12-25-73-52/h15-20,29-33,41,50-52,55-56H,1,7-14,21-28,34-37H2,2-6H3,(H2,62,69)/t41?,50-,51-,52?,55-,56-/m1/s1. The SMILES string of the molecule is C=C(C)C(=O)n1cc(C)c2c(-c3ccc4c(c3)CCN(CCCCCCC(CCOc3ccc(-c5nc6c(cc5Cl)nc(O[C@@H]5CO[C@H]7[C@@H]5OC[C@H]7OC5CCCCO5)n6COCC[Si](C)(C)C)cc3)C(N)=O)C4)cncc21. The van der Waals surface area contributed by atoms with Crippen LogP contribution in [-0.4, -0.2) is 126 Å². The highest BCUT2D eigenvalue weighted by molar-refractivity contribution is 6.76. The molecule has 4 aliphatic rings. The van der Waals surface area contributed by atoms with E-state index in [1.54, 1.807) is 17.7 Å². The molecule has 1 amide bonds. The van der Waals surface area contributed by atoms with Gasteiger partial charge in [0.1, 0.15) is 36.3 Å². The van der Waals surface area contributed by atoms with Gasteiger partial charge in [0.2, 0.25) is 5.91 Å². The van der Waals surface area contributed by atoms with Crippen molar-refractivity contribution in [1.29, 1.82) is 0 Å². The molecule has 0 saturated carbocycles. The van der Waals surface area contributed by atoms with E-state index in [0.717, 1.165) is 117 Å². The van der Waals surface area contributed by atoms with E-state index in [1.807, 2.05) is 54.2 Å². The minimum Gasteiger partial charge on any atom is -0.494 e. The molecule has 10 rings (SSSR count). The Labute approximate surface area is 463 Å². The Morgan fingerprint density at radius 2 is 1.69 bits per heavy atom. The molecule has 0 bridgehead atoms. The van der Waals surface area contributed by atoms with Gasteiger partial charge in [-0.2, -0.15) is 4.98 Å². The van der Waals surface area contributed by atoms with Crippen molar-refractivity contribution >= 4 is 53.6 Å². The number of amides is 1. The van der Waals surface area contributed by atoms with E-state index in [-0.39, 0.29) is 49.1 Å². The topological polar surface area (TPSA) is 177 Å². The monoisotopic (exact) mass is 1100 g/mol. The van der Waals surface area contributed by atoms with E-state index < -0.39 is 14.2 Å². The van der Waals surface area contributed by atoms with E-state index in [0.29, 0.717) is 78.7 Å². The number of hydrogen-bond acceptors (Lipinski definition) is 13. The van der Waals surface area contributed by atoms with Crippen LogP contribution in [0.2, 0.25) is 30.7 Å². The number of carbonyl (C=O) groups is 2. The number of unbranched alkanes of at least 4 members (excludes halogenated alkanes) is 3. The lowest BCUT2D eigenvalue weighted by atomic mass is 9.93. The molecule has 3 saturated heterocycles. The number of carbonyl (C=O) groups excluding carboxylic acids is 2. The number of pyridine rings is 2. The Morgan fingerprint density at radius 3 is 2.46 bits per heavy atom. The highest BCUT2D eigenvalue weighted by Gasteiger charge is 2.51. The molecule has 16 nitrogen and oxygen atoms in total. The van der Waals surface area contributed by atoms with Crippen LogP contribution in [0.1, 0.15) is 86.2 Å². The van der Waals surface area contributed by atoms with Crippen LogP contribution in [0.4, 0.5) is 0 Å². The van der Waals surface area contributed by atoms with Crippen molar-refractivity contribution in [2.24, 2.45) is 11.7 Å². The second-order valence-corrected chi connectivity index (χ2v) is 28.9. The van der Waals surface area contributed by atoms with Crippen molar-refractivity contribution in [3.63, 3.8) is 0 Å². The normalized spacial score (nSPS) is 21.0. The first-order valence-electron chi connectivity index (χ1n) is 28.0. The third-order valence-electron chi connectivity index (χ3n) is 15.7. The zero-order valence-electron chi connectivity index (χ0n) is 46.0. The van der Waals surface area contributed by atoms with Gasteiger partial charge in [-0.25, -0.2) is 4.98 Å². The fraction of sp³-hybridized carbons (Fsp3) is 0.517. The Balaban J connectivity index is 0.689. The van der Waals surface area contributed by atoms with Crippen molar-refractivity contribution in [2.45, 2.75) is 148 Å². The summed E-state index contributed by atoms with van der Waals surface area (Å²) in [5.41, 5.74) is 15.7. The molecule has 18 heteroatoms. The molecule has 0 spiro atoms. The molecule has 78 heavy (non-hydrogen) atoms. The van der Waals surface area contributed by atoms with Crippen molar-refractivity contribution in [1.82, 2.24) is 29.0 Å². The predicted octanol–water partition coefficient (Wildman–Crippen LogP) is 10.9. The van der Waals surface area contributed by atoms with Gasteiger partial charge in [-0.15, -0.1) is 0 Å². The number of benzene rings is 2. The Bertz CT molecular complexity index is 3100. The first-order valence-corrected chi connectivity index (χ1v) is 32.1. The van der Waals surface area contributed by atoms with Crippen LogP contribution in [0.3, 0.4) is 0 Å². The van der Waals surface area contributed by atoms with Crippen molar-refractivity contribution in [3.8, 4) is 34.1 Å². The number of aromatic nitrogens is 5. The minimum atomic E-state index is -1.34. The van der Waals surface area contributed by atoms with Gasteiger partial charge in [-0.3, -0.25) is 28.6 Å². The molecule has 0 radical (unpaired) electrons. The molecule has 2 N–H and O–H groups in total. The quantitative estimate of drug-likeness (QED) is 0.0344. The van der Waals surface area contributed by atoms with Crippen LogP contribution < -0.4 is 15.2 Å². The zero-order chi connectivity index (χ0) is 54.5. The average Bonchev–Trinajstić information content (AvgIpc) is 4.29. The number of nitrogens with zero attached hydrogens (tertiary/aromatic N) is 6. The lowest BCUT2D eigenvalue weighted by Gasteiger charge is -2.29. The molecule has 2 aromatic carbocycles. The van der Waals surface area contributed by atoms with Gasteiger partial charge < -0.3 is 38.9 Å². The van der Waals surface area contributed by atoms with Gasteiger partial charge in [0.15, 0.2) is 18.0 Å². The van der Waals surface area contributed by atoms with E-state index in [2.05, 4.69) is 54.3 Å². The summed E-state index contributed by atoms with van der Waals surface area (Å²) in [5.74, 6) is 0.0136. The summed E-state index contributed by atoms with van der Waals surface area (Å²) in [6.07, 6.45) is 13.5. The Kier molecular flexibility index (Phi) is 17.8. The molecular weight excluding hydrogens is 1030 g/mol. The number of rotatable bonds is 24. The van der Waals surface area contributed by atoms with Crippen molar-refractivity contribution < 1.29 is 42.7 Å². The lowest BCUT2D eigenvalue weighted by molar-refractivity contribution is -0.202. The summed E-state index contributed by atoms with van der Waals surface area (Å²) in [6, 6.07) is 17.6. The third kappa shape index (κ3) is 13.1. The average molecular weight is 1100 g/mol. The summed E-state index contributed by atoms with van der Waals surface area (Å²) >= 11 is 6.94. The van der Waals surface area contributed by atoms with Crippen LogP contribution in [0.5, 0.6) is 11.8 Å². The minimum absolute atomic E-state index is 0.118. The Hall–Kier alpha value is -5.50. The number of halogens is 1. The first-order chi connectivity index (χ1) is 37.7. The molecule has 8 heterocycles. The van der Waals surface area contributed by atoms with Gasteiger partial charge >= 0.3 is 6.01 Å². The maximum absolute atomic E-state index is 12.9. The maximum Gasteiger partial charge on any atom is 0.301 e. The second-order valence-electron chi connectivity index (χ2n) is 22.9. The van der Waals surface area contributed by atoms with E-state index in [4.69, 9.17) is 60.5 Å². The number of hydrogen-bond donors (Lipinski definition) is 1. The fourth-order valence-electron chi connectivity index (χ4n) is 11.2. The van der Waals surface area contributed by atoms with Crippen LogP contribution >= 0.6 is 11.6 Å². The smallest absolute Gasteiger partial charge is 0.301 e. The van der Waals surface area contributed by atoms with Crippen molar-refractivity contribution in [2.75, 3.05) is 46.1 Å². The summed E-state index contributed by atoms with van der Waals surface area (Å²) in [5, 5.41) is 1.49. The number of nitrogens with two attached hydrogens (primary N) is 1. The molecule has 416 valence electrons. The molecule has 3 fully saturated rings. The highest BCUT2D eigenvalue weighted by Crippen LogP contribution is 2.37. The van der Waals surface area contributed by atoms with Gasteiger partial charge in [-0.1, -0.05) is 75.3 Å². The summed E-state index contributed by atoms with van der Waals surface area (Å²) < 4.78 is 47.1. The first kappa shape index (κ1) is 55.8. The highest BCUT2D eigenvalue weighted by atomic mass is 35.5. The summed E-state index contributed by atoms with van der Waals surface area (Å²) in [6.45, 7) is 20.2. The van der Waals surface area contributed by atoms with Crippen LogP contribution in [0.15, 0.2) is 79.3 Å². The van der Waals surface area contributed by atoms with Gasteiger partial charge in [0.05, 0.1) is 42.3 Å². The largest absolute Gasteiger partial charge is 0.494 e. The molecule has 6 aromatic rings. The predicted molar refractivity (Wildman–Crippen MR) is 305 cm³/mol. The van der Waals surface area contributed by atoms with Gasteiger partial charge in [0.25, 0.3) is 5.91 Å². The number of imidazole rings is 1. The zero-order valence-corrected chi connectivity index (χ0v) is 47.7. The molecule has 2 unspecified atom stereocenters. The van der Waals surface area contributed by atoms with Gasteiger partial charge in [-0.05, 0) is 124 Å². The second kappa shape index (κ2) is 24.9. The summed E-state index contributed by atoms with van der Waals surface area (Å²) in [4.78, 5) is 42.4. The lowest BCUT2D eigenvalue weighted by Crippen LogP contribution is -2.38. The number of fused-ring (bicyclic) bond motifs is 4. The third-order valence-corrected chi connectivity index (χ3v) is 17.7. The molecule has 4 aromatic heterocycles. The van der Waals surface area contributed by atoms with E-state index in [1.165, 1.54) is 11.1 Å². The van der Waals surface area contributed by atoms with Crippen LogP contribution in [0, 0.1) is 12.8 Å². The van der Waals surface area contributed by atoms with Gasteiger partial charge in [0, 0.05) is 74.8 Å². The number of aryl methyl sites for hydroxylation is 1. The molecule has 0 aliphatic carbocycles. The van der Waals surface area contributed by atoms with Crippen LogP contribution in [-0.2, 0) is 48.2 Å². The number of ether oxygens (including phenoxy) is 7. The van der Waals surface area contributed by atoms with E-state index in [9.17, 15) is 9.59 Å². The molecule has 6 atom stereocenters. The molecule has 4 aliphatic heterocycles. The number of allylic oxidation sites excluding steroid dienone is 1. The fourth-order valence-corrected chi connectivity index (χ4v) is 12.2.